The van der Waals surface area contributed by atoms with Gasteiger partial charge in [-0.15, -0.1) is 0 Å². The predicted molar refractivity (Wildman–Crippen MR) is 85.8 cm³/mol. The quantitative estimate of drug-likeness (QED) is 0.234. The number of unbranched alkanes of at least 4 members (excludes halogenated alkanes) is 9. The Hall–Kier alpha value is -0.0500. The molecule has 0 aliphatic rings. The number of carbonyl (C=O) groups is 1. The Morgan fingerprint density at radius 3 is 2.11 bits per heavy atom. The van der Waals surface area contributed by atoms with Crippen LogP contribution < -0.4 is 0 Å². The first-order valence-electron chi connectivity index (χ1n) is 8.02. The summed E-state index contributed by atoms with van der Waals surface area (Å²) in [5.41, 5.74) is 0. The molecule has 114 valence electrons. The van der Waals surface area contributed by atoms with Crippen LogP contribution in [0.5, 0.6) is 0 Å². The molecule has 0 aliphatic carbocycles. The number of carbonyl (C=O) groups excluding carboxylic acids is 1. The summed E-state index contributed by atoms with van der Waals surface area (Å²) in [6, 6.07) is 0. The highest BCUT2D eigenvalue weighted by Crippen LogP contribution is 2.08. The van der Waals surface area contributed by atoms with Gasteiger partial charge in [0.15, 0.2) is 0 Å². The smallest absolute Gasteiger partial charge is 0.305 e. The molecule has 0 aromatic rings. The molecule has 0 heterocycles. The van der Waals surface area contributed by atoms with Crippen LogP contribution in [0.4, 0.5) is 0 Å². The van der Waals surface area contributed by atoms with E-state index in [2.05, 4.69) is 22.9 Å². The largest absolute Gasteiger partial charge is 0.466 e. The summed E-state index contributed by atoms with van der Waals surface area (Å²) >= 11 is 3.41. The van der Waals surface area contributed by atoms with Crippen LogP contribution in [-0.4, -0.2) is 17.9 Å². The maximum Gasteiger partial charge on any atom is 0.305 e. The van der Waals surface area contributed by atoms with E-state index >= 15 is 0 Å². The maximum atomic E-state index is 11.4. The molecule has 0 aliphatic heterocycles. The van der Waals surface area contributed by atoms with Gasteiger partial charge in [0.1, 0.15) is 0 Å². The second-order valence-corrected chi connectivity index (χ2v) is 5.99. The molecule has 0 amide bonds. The van der Waals surface area contributed by atoms with Gasteiger partial charge >= 0.3 is 5.97 Å². The first kappa shape index (κ1) is 18.9. The van der Waals surface area contributed by atoms with E-state index in [4.69, 9.17) is 4.74 Å². The van der Waals surface area contributed by atoms with Crippen molar-refractivity contribution in [3.8, 4) is 0 Å². The summed E-state index contributed by atoms with van der Waals surface area (Å²) < 4.78 is 5.23. The first-order chi connectivity index (χ1) is 9.31. The van der Waals surface area contributed by atoms with Crippen molar-refractivity contribution in [3.63, 3.8) is 0 Å². The fourth-order valence-electron chi connectivity index (χ4n) is 2.03. The highest BCUT2D eigenvalue weighted by Gasteiger charge is 2.02. The minimum Gasteiger partial charge on any atom is -0.466 e. The third-order valence-corrected chi connectivity index (χ3v) is 3.84. The zero-order valence-electron chi connectivity index (χ0n) is 12.6. The Balaban J connectivity index is 3.12. The molecule has 0 unspecified atom stereocenters. The molecule has 0 bridgehead atoms. The van der Waals surface area contributed by atoms with Gasteiger partial charge in [0.25, 0.3) is 0 Å². The normalized spacial score (nSPS) is 10.6. The van der Waals surface area contributed by atoms with Gasteiger partial charge in [-0.3, -0.25) is 4.79 Å². The predicted octanol–water partition coefficient (Wildman–Crippen LogP) is 5.63. The Morgan fingerprint density at radius 1 is 0.842 bits per heavy atom. The molecular formula is C16H31BrO2. The third kappa shape index (κ3) is 15.9. The van der Waals surface area contributed by atoms with Gasteiger partial charge in [0, 0.05) is 11.8 Å². The molecule has 0 aromatic heterocycles. The van der Waals surface area contributed by atoms with Crippen LogP contribution >= 0.6 is 15.9 Å². The number of esters is 1. The van der Waals surface area contributed by atoms with E-state index in [9.17, 15) is 4.79 Å². The lowest BCUT2D eigenvalue weighted by Gasteiger charge is -2.05. The van der Waals surface area contributed by atoms with E-state index in [1.165, 1.54) is 51.4 Å². The fourth-order valence-corrected chi connectivity index (χ4v) is 2.43. The van der Waals surface area contributed by atoms with Crippen LogP contribution in [0.2, 0.25) is 0 Å². The third-order valence-electron chi connectivity index (χ3n) is 3.28. The molecule has 0 radical (unpaired) electrons. The highest BCUT2D eigenvalue weighted by molar-refractivity contribution is 9.09. The summed E-state index contributed by atoms with van der Waals surface area (Å²) in [4.78, 5) is 11.4. The zero-order valence-corrected chi connectivity index (χ0v) is 14.2. The van der Waals surface area contributed by atoms with Crippen molar-refractivity contribution in [1.29, 1.82) is 0 Å². The Kier molecular flexibility index (Phi) is 16.0. The van der Waals surface area contributed by atoms with E-state index < -0.39 is 0 Å². The van der Waals surface area contributed by atoms with Crippen molar-refractivity contribution in [1.82, 2.24) is 0 Å². The molecule has 0 spiro atoms. The van der Waals surface area contributed by atoms with Crippen LogP contribution in [0, 0.1) is 0 Å². The summed E-state index contributed by atoms with van der Waals surface area (Å²) in [6.45, 7) is 2.85. The molecule has 2 nitrogen and oxygen atoms in total. The van der Waals surface area contributed by atoms with Gasteiger partial charge in [-0.2, -0.15) is 0 Å². The second-order valence-electron chi connectivity index (χ2n) is 5.19. The molecule has 0 saturated carbocycles. The molecule has 0 rings (SSSR count). The standard InChI is InChI=1S/C16H31BrO2/c1-2-3-4-5-6-9-12-15-19-16(18)13-10-7-8-11-14-17/h2-15H2,1H3. The minimum atomic E-state index is -0.00942. The second kappa shape index (κ2) is 16.0. The van der Waals surface area contributed by atoms with E-state index in [1.807, 2.05) is 0 Å². The van der Waals surface area contributed by atoms with Crippen molar-refractivity contribution in [2.75, 3.05) is 11.9 Å². The SMILES string of the molecule is CCCCCCCCCOC(=O)CCCCCCBr. The van der Waals surface area contributed by atoms with Crippen LogP contribution in [0.15, 0.2) is 0 Å². The van der Waals surface area contributed by atoms with Crippen molar-refractivity contribution in [3.05, 3.63) is 0 Å². The van der Waals surface area contributed by atoms with Gasteiger partial charge in [0.2, 0.25) is 0 Å². The maximum absolute atomic E-state index is 11.4. The molecule has 0 N–H and O–H groups in total. The molecule has 0 saturated heterocycles. The van der Waals surface area contributed by atoms with Crippen molar-refractivity contribution in [2.45, 2.75) is 84.0 Å². The minimum absolute atomic E-state index is 0.00942. The summed E-state index contributed by atoms with van der Waals surface area (Å²) in [5, 5.41) is 1.07. The molecule has 3 heteroatoms. The lowest BCUT2D eigenvalue weighted by molar-refractivity contribution is -0.143. The summed E-state index contributed by atoms with van der Waals surface area (Å²) in [6.07, 6.45) is 14.0. The Bertz CT molecular complexity index is 195. The van der Waals surface area contributed by atoms with Crippen LogP contribution in [0.1, 0.15) is 84.0 Å². The van der Waals surface area contributed by atoms with Crippen LogP contribution in [-0.2, 0) is 9.53 Å². The van der Waals surface area contributed by atoms with E-state index in [1.54, 1.807) is 0 Å². The van der Waals surface area contributed by atoms with Gasteiger partial charge in [-0.05, 0) is 19.3 Å². The average molecular weight is 335 g/mol. The van der Waals surface area contributed by atoms with Gasteiger partial charge in [-0.1, -0.05) is 74.2 Å². The van der Waals surface area contributed by atoms with Gasteiger partial charge in [0.05, 0.1) is 6.61 Å². The van der Waals surface area contributed by atoms with E-state index in [-0.39, 0.29) is 5.97 Å². The van der Waals surface area contributed by atoms with Crippen LogP contribution in [0.25, 0.3) is 0 Å². The van der Waals surface area contributed by atoms with E-state index in [0.717, 1.165) is 24.6 Å². The average Bonchev–Trinajstić information content (AvgIpc) is 2.41. The Labute approximate surface area is 127 Å². The first-order valence-corrected chi connectivity index (χ1v) is 9.15. The van der Waals surface area contributed by atoms with E-state index in [0.29, 0.717) is 13.0 Å². The lowest BCUT2D eigenvalue weighted by atomic mass is 10.1. The lowest BCUT2D eigenvalue weighted by Crippen LogP contribution is -2.05. The van der Waals surface area contributed by atoms with Crippen LogP contribution in [0.3, 0.4) is 0 Å². The number of halogens is 1. The fraction of sp³-hybridized carbons (Fsp3) is 0.938. The number of alkyl halides is 1. The van der Waals surface area contributed by atoms with Crippen molar-refractivity contribution < 1.29 is 9.53 Å². The topological polar surface area (TPSA) is 26.3 Å². The Morgan fingerprint density at radius 2 is 1.42 bits per heavy atom. The van der Waals surface area contributed by atoms with Crippen molar-refractivity contribution in [2.24, 2.45) is 0 Å². The molecule has 0 fully saturated rings. The van der Waals surface area contributed by atoms with Gasteiger partial charge in [-0.25, -0.2) is 0 Å². The number of ether oxygens (including phenoxy) is 1. The monoisotopic (exact) mass is 334 g/mol. The van der Waals surface area contributed by atoms with Crippen molar-refractivity contribution >= 4 is 21.9 Å². The number of hydrogen-bond acceptors (Lipinski definition) is 2. The van der Waals surface area contributed by atoms with Gasteiger partial charge < -0.3 is 4.74 Å². The molecular weight excluding hydrogens is 304 g/mol. The summed E-state index contributed by atoms with van der Waals surface area (Å²) in [7, 11) is 0. The molecule has 19 heavy (non-hydrogen) atoms. The zero-order chi connectivity index (χ0) is 14.2. The highest BCUT2D eigenvalue weighted by atomic mass is 79.9. The number of hydrogen-bond donors (Lipinski definition) is 0. The molecule has 0 aromatic carbocycles. The summed E-state index contributed by atoms with van der Waals surface area (Å²) in [5.74, 6) is -0.00942. The number of rotatable bonds is 14. The molecule has 0 atom stereocenters.